The molecule has 2 aromatic heterocycles. The Kier molecular flexibility index (Phi) is 5.47. The zero-order chi connectivity index (χ0) is 21.2. The minimum Gasteiger partial charge on any atom is -0.361 e. The Morgan fingerprint density at radius 1 is 1.13 bits per heavy atom. The normalized spacial score (nSPS) is 13.7. The van der Waals surface area contributed by atoms with E-state index >= 15 is 0 Å². The third-order valence-electron chi connectivity index (χ3n) is 5.90. The van der Waals surface area contributed by atoms with Crippen LogP contribution in [0.15, 0.2) is 48.7 Å². The number of nitrogens with one attached hydrogen (secondary N) is 2. The number of benzene rings is 2. The lowest BCUT2D eigenvalue weighted by Gasteiger charge is -2.11. The van der Waals surface area contributed by atoms with E-state index in [1.165, 1.54) is 6.42 Å². The van der Waals surface area contributed by atoms with Gasteiger partial charge in [0.1, 0.15) is 5.82 Å². The van der Waals surface area contributed by atoms with Crippen LogP contribution < -0.4 is 5.32 Å². The quantitative estimate of drug-likeness (QED) is 0.443. The summed E-state index contributed by atoms with van der Waals surface area (Å²) in [5.74, 6) is 1.76. The van der Waals surface area contributed by atoms with Gasteiger partial charge in [0.25, 0.3) is 0 Å². The van der Waals surface area contributed by atoms with Gasteiger partial charge in [-0.15, -0.1) is 10.2 Å². The Balaban J connectivity index is 1.31. The standard InChI is InChI=1S/C24H24ClN5O/c25-20-11-10-17(14-19(20)24-29-28-22-8-2-1-5-13-30(22)24)27-23(31)12-9-16-15-26-21-7-4-3-6-18(16)21/h3-4,6-7,10-11,14-15,26H,1-2,5,8-9,12-13H2,(H,27,31). The molecule has 0 unspecified atom stereocenters. The Hall–Kier alpha value is -3.12. The number of hydrogen-bond donors (Lipinski definition) is 2. The van der Waals surface area contributed by atoms with E-state index < -0.39 is 0 Å². The number of aromatic nitrogens is 4. The maximum atomic E-state index is 12.6. The van der Waals surface area contributed by atoms with Crippen LogP contribution in [0.4, 0.5) is 5.69 Å². The molecule has 0 saturated carbocycles. The molecule has 3 heterocycles. The molecule has 7 heteroatoms. The second-order valence-electron chi connectivity index (χ2n) is 8.00. The lowest BCUT2D eigenvalue weighted by atomic mass is 10.1. The third-order valence-corrected chi connectivity index (χ3v) is 6.23. The van der Waals surface area contributed by atoms with Crippen LogP contribution >= 0.6 is 11.6 Å². The number of rotatable bonds is 5. The smallest absolute Gasteiger partial charge is 0.224 e. The lowest BCUT2D eigenvalue weighted by molar-refractivity contribution is -0.116. The number of aryl methyl sites for hydroxylation is 2. The van der Waals surface area contributed by atoms with Gasteiger partial charge >= 0.3 is 0 Å². The monoisotopic (exact) mass is 433 g/mol. The van der Waals surface area contributed by atoms with Gasteiger partial charge in [-0.25, -0.2) is 0 Å². The number of amides is 1. The topological polar surface area (TPSA) is 75.6 Å². The van der Waals surface area contributed by atoms with Gasteiger partial charge < -0.3 is 14.9 Å². The molecular formula is C24H24ClN5O. The fourth-order valence-corrected chi connectivity index (χ4v) is 4.47. The molecule has 158 valence electrons. The van der Waals surface area contributed by atoms with Gasteiger partial charge in [0, 0.05) is 47.7 Å². The summed E-state index contributed by atoms with van der Waals surface area (Å²) in [7, 11) is 0. The highest BCUT2D eigenvalue weighted by Crippen LogP contribution is 2.31. The molecule has 0 atom stereocenters. The van der Waals surface area contributed by atoms with Crippen LogP contribution in [0.1, 0.15) is 37.1 Å². The summed E-state index contributed by atoms with van der Waals surface area (Å²) in [5, 5.41) is 13.6. The first-order valence-corrected chi connectivity index (χ1v) is 11.1. The van der Waals surface area contributed by atoms with Gasteiger partial charge in [0.15, 0.2) is 5.82 Å². The van der Waals surface area contributed by atoms with E-state index in [9.17, 15) is 4.79 Å². The Morgan fingerprint density at radius 2 is 2.03 bits per heavy atom. The molecule has 1 aliphatic rings. The molecule has 0 fully saturated rings. The second-order valence-corrected chi connectivity index (χ2v) is 8.41. The Morgan fingerprint density at radius 3 is 2.97 bits per heavy atom. The van der Waals surface area contributed by atoms with Crippen molar-refractivity contribution < 1.29 is 4.79 Å². The van der Waals surface area contributed by atoms with Gasteiger partial charge in [0.05, 0.1) is 5.02 Å². The molecule has 4 aromatic rings. The molecule has 0 radical (unpaired) electrons. The molecule has 5 rings (SSSR count). The highest BCUT2D eigenvalue weighted by atomic mass is 35.5. The maximum Gasteiger partial charge on any atom is 0.224 e. The molecule has 2 aromatic carbocycles. The summed E-state index contributed by atoms with van der Waals surface area (Å²) in [6, 6.07) is 13.7. The zero-order valence-electron chi connectivity index (χ0n) is 17.2. The molecule has 1 amide bonds. The van der Waals surface area contributed by atoms with Crippen molar-refractivity contribution >= 4 is 34.1 Å². The van der Waals surface area contributed by atoms with Crippen LogP contribution in [-0.4, -0.2) is 25.7 Å². The highest BCUT2D eigenvalue weighted by Gasteiger charge is 2.18. The van der Waals surface area contributed by atoms with E-state index in [2.05, 4.69) is 31.1 Å². The molecule has 2 N–H and O–H groups in total. The molecular weight excluding hydrogens is 410 g/mol. The molecule has 0 aliphatic carbocycles. The maximum absolute atomic E-state index is 12.6. The number of carbonyl (C=O) groups is 1. The molecule has 0 bridgehead atoms. The molecule has 1 aliphatic heterocycles. The summed E-state index contributed by atoms with van der Waals surface area (Å²) >= 11 is 6.49. The van der Waals surface area contributed by atoms with Crippen LogP contribution in [0.3, 0.4) is 0 Å². The highest BCUT2D eigenvalue weighted by molar-refractivity contribution is 6.33. The van der Waals surface area contributed by atoms with Gasteiger partial charge in [-0.05, 0) is 49.1 Å². The number of H-pyrrole nitrogens is 1. The summed E-state index contributed by atoms with van der Waals surface area (Å²) in [5.41, 5.74) is 3.76. The van der Waals surface area contributed by atoms with E-state index in [-0.39, 0.29) is 5.91 Å². The number of halogens is 1. The molecule has 31 heavy (non-hydrogen) atoms. The number of hydrogen-bond acceptors (Lipinski definition) is 3. The predicted molar refractivity (Wildman–Crippen MR) is 123 cm³/mol. The molecule has 0 saturated heterocycles. The fourth-order valence-electron chi connectivity index (χ4n) is 4.27. The largest absolute Gasteiger partial charge is 0.361 e. The SMILES string of the molecule is O=C(CCc1c[nH]c2ccccc12)Nc1ccc(Cl)c(-c2nnc3n2CCCCC3)c1. The average molecular weight is 434 g/mol. The number of para-hydroxylation sites is 1. The van der Waals surface area contributed by atoms with Gasteiger partial charge in [-0.2, -0.15) is 0 Å². The van der Waals surface area contributed by atoms with E-state index in [1.807, 2.05) is 42.6 Å². The van der Waals surface area contributed by atoms with Crippen molar-refractivity contribution in [2.75, 3.05) is 5.32 Å². The van der Waals surface area contributed by atoms with E-state index in [0.717, 1.165) is 59.5 Å². The number of carbonyl (C=O) groups excluding carboxylic acids is 1. The predicted octanol–water partition coefficient (Wildman–Crippen LogP) is 5.38. The summed E-state index contributed by atoms with van der Waals surface area (Å²) < 4.78 is 2.16. The summed E-state index contributed by atoms with van der Waals surface area (Å²) in [4.78, 5) is 15.9. The van der Waals surface area contributed by atoms with Gasteiger partial charge in [0.2, 0.25) is 5.91 Å². The van der Waals surface area contributed by atoms with Crippen molar-refractivity contribution in [1.82, 2.24) is 19.7 Å². The van der Waals surface area contributed by atoms with Crippen molar-refractivity contribution in [1.29, 1.82) is 0 Å². The van der Waals surface area contributed by atoms with Crippen molar-refractivity contribution in [3.05, 3.63) is 65.1 Å². The number of fused-ring (bicyclic) bond motifs is 2. The first-order chi connectivity index (χ1) is 15.2. The minimum absolute atomic E-state index is 0.0291. The zero-order valence-corrected chi connectivity index (χ0v) is 18.0. The van der Waals surface area contributed by atoms with Crippen LogP contribution in [0, 0.1) is 0 Å². The molecule has 6 nitrogen and oxygen atoms in total. The van der Waals surface area contributed by atoms with Crippen LogP contribution in [0.25, 0.3) is 22.3 Å². The van der Waals surface area contributed by atoms with E-state index in [4.69, 9.17) is 11.6 Å². The number of nitrogens with zero attached hydrogens (tertiary/aromatic N) is 3. The summed E-state index contributed by atoms with van der Waals surface area (Å²) in [6.45, 7) is 0.898. The van der Waals surface area contributed by atoms with Crippen LogP contribution in [0.2, 0.25) is 5.02 Å². The summed E-state index contributed by atoms with van der Waals surface area (Å²) in [6.07, 6.45) is 7.44. The molecule has 0 spiro atoms. The van der Waals surface area contributed by atoms with E-state index in [0.29, 0.717) is 23.6 Å². The lowest BCUT2D eigenvalue weighted by Crippen LogP contribution is -2.12. The minimum atomic E-state index is -0.0291. The van der Waals surface area contributed by atoms with E-state index in [1.54, 1.807) is 0 Å². The Bertz CT molecular complexity index is 1240. The first-order valence-electron chi connectivity index (χ1n) is 10.8. The van der Waals surface area contributed by atoms with Crippen molar-refractivity contribution in [2.45, 2.75) is 45.1 Å². The third kappa shape index (κ3) is 4.08. The van der Waals surface area contributed by atoms with Crippen molar-refractivity contribution in [3.63, 3.8) is 0 Å². The Labute approximate surface area is 185 Å². The van der Waals surface area contributed by atoms with Crippen LogP contribution in [0.5, 0.6) is 0 Å². The van der Waals surface area contributed by atoms with Crippen LogP contribution in [-0.2, 0) is 24.2 Å². The second kappa shape index (κ2) is 8.55. The van der Waals surface area contributed by atoms with Crippen molar-refractivity contribution in [2.24, 2.45) is 0 Å². The van der Waals surface area contributed by atoms with Gasteiger partial charge in [-0.1, -0.05) is 36.2 Å². The van der Waals surface area contributed by atoms with Gasteiger partial charge in [-0.3, -0.25) is 4.79 Å². The number of aromatic amines is 1. The fraction of sp³-hybridized carbons (Fsp3) is 0.292. The van der Waals surface area contributed by atoms with Crippen molar-refractivity contribution in [3.8, 4) is 11.4 Å². The average Bonchev–Trinajstić information content (AvgIpc) is 3.30. The first kappa shape index (κ1) is 19.8. The number of anilines is 1.